The van der Waals surface area contributed by atoms with E-state index >= 15 is 0 Å². The molecule has 1 heterocycles. The Morgan fingerprint density at radius 2 is 2.00 bits per heavy atom. The normalized spacial score (nSPS) is 10.1. The van der Waals surface area contributed by atoms with E-state index in [1.807, 2.05) is 42.5 Å². The van der Waals surface area contributed by atoms with Gasteiger partial charge in [0.2, 0.25) is 0 Å². The molecule has 1 aromatic heterocycles. The van der Waals surface area contributed by atoms with Gasteiger partial charge in [0.05, 0.1) is 0 Å². The Balaban J connectivity index is 1.69. The van der Waals surface area contributed by atoms with Crippen molar-refractivity contribution in [3.05, 3.63) is 64.9 Å². The van der Waals surface area contributed by atoms with Gasteiger partial charge in [0.25, 0.3) is 0 Å². The molecule has 0 spiro atoms. The van der Waals surface area contributed by atoms with E-state index in [9.17, 15) is 4.79 Å². The van der Waals surface area contributed by atoms with Crippen LogP contribution in [0.15, 0.2) is 48.7 Å². The first kappa shape index (κ1) is 14.3. The second-order valence-electron chi connectivity index (χ2n) is 4.19. The largest absolute Gasteiger partial charge is 0.445 e. The molecule has 1 aromatic carbocycles. The van der Waals surface area contributed by atoms with Crippen molar-refractivity contribution in [3.63, 3.8) is 0 Å². The van der Waals surface area contributed by atoms with E-state index in [1.165, 1.54) is 0 Å². The molecule has 0 atom stereocenters. The molecule has 0 aliphatic heterocycles. The fourth-order valence-corrected chi connectivity index (χ4v) is 1.89. The zero-order chi connectivity index (χ0) is 14.2. The lowest BCUT2D eigenvalue weighted by atomic mass is 10.2. The molecule has 0 aliphatic rings. The number of carbonyl (C=O) groups excluding carboxylic acids is 1. The van der Waals surface area contributed by atoms with Gasteiger partial charge in [-0.05, 0) is 23.6 Å². The molecule has 104 valence electrons. The van der Waals surface area contributed by atoms with E-state index in [2.05, 4.69) is 10.3 Å². The highest BCUT2D eigenvalue weighted by Crippen LogP contribution is 2.11. The maximum Gasteiger partial charge on any atom is 0.407 e. The summed E-state index contributed by atoms with van der Waals surface area (Å²) in [6.07, 6.45) is 1.81. The number of nitrogens with one attached hydrogen (secondary N) is 1. The smallest absolute Gasteiger partial charge is 0.407 e. The fourth-order valence-electron chi connectivity index (χ4n) is 1.68. The van der Waals surface area contributed by atoms with Crippen LogP contribution in [0.5, 0.6) is 0 Å². The van der Waals surface area contributed by atoms with Crippen molar-refractivity contribution in [1.82, 2.24) is 10.3 Å². The molecule has 2 rings (SSSR count). The van der Waals surface area contributed by atoms with E-state index in [-0.39, 0.29) is 6.61 Å². The molecule has 0 radical (unpaired) electrons. The van der Waals surface area contributed by atoms with E-state index in [0.29, 0.717) is 18.1 Å². The van der Waals surface area contributed by atoms with Crippen molar-refractivity contribution in [3.8, 4) is 0 Å². The summed E-state index contributed by atoms with van der Waals surface area (Å²) in [6, 6.07) is 13.2. The minimum absolute atomic E-state index is 0.264. The Hall–Kier alpha value is -2.07. The third kappa shape index (κ3) is 4.55. The van der Waals surface area contributed by atoms with Crippen molar-refractivity contribution in [2.45, 2.75) is 13.0 Å². The zero-order valence-corrected chi connectivity index (χ0v) is 11.6. The van der Waals surface area contributed by atoms with Crippen LogP contribution < -0.4 is 5.32 Å². The third-order valence-electron chi connectivity index (χ3n) is 2.71. The molecule has 20 heavy (non-hydrogen) atoms. The Labute approximate surface area is 122 Å². The Kier molecular flexibility index (Phi) is 5.38. The number of hydrogen-bond donors (Lipinski definition) is 1. The van der Waals surface area contributed by atoms with E-state index in [4.69, 9.17) is 16.3 Å². The average molecular weight is 291 g/mol. The number of halogens is 1. The topological polar surface area (TPSA) is 51.2 Å². The molecular formula is C15H15ClN2O2. The highest BCUT2D eigenvalue weighted by molar-refractivity contribution is 6.30. The Bertz CT molecular complexity index is 561. The van der Waals surface area contributed by atoms with Crippen LogP contribution >= 0.6 is 11.6 Å². The van der Waals surface area contributed by atoms with Crippen LogP contribution in [-0.4, -0.2) is 17.6 Å². The van der Waals surface area contributed by atoms with Gasteiger partial charge in [0.1, 0.15) is 11.8 Å². The number of amides is 1. The summed E-state index contributed by atoms with van der Waals surface area (Å²) in [5, 5.41) is 3.15. The van der Waals surface area contributed by atoms with E-state index < -0.39 is 6.09 Å². The summed E-state index contributed by atoms with van der Waals surface area (Å²) < 4.78 is 5.10. The molecule has 1 amide bonds. The standard InChI is InChI=1S/C15H15ClN2O2/c16-14-13(7-4-9-17-14)8-10-18-15(19)20-11-12-5-2-1-3-6-12/h1-7,9H,8,10-11H2,(H,18,19). The number of alkyl carbamates (subject to hydrolysis) is 1. The second-order valence-corrected chi connectivity index (χ2v) is 4.55. The SMILES string of the molecule is O=C(NCCc1cccnc1Cl)OCc1ccccc1. The lowest BCUT2D eigenvalue weighted by Gasteiger charge is -2.07. The van der Waals surface area contributed by atoms with Crippen LogP contribution in [0.1, 0.15) is 11.1 Å². The van der Waals surface area contributed by atoms with Gasteiger partial charge in [-0.15, -0.1) is 0 Å². The van der Waals surface area contributed by atoms with E-state index in [0.717, 1.165) is 11.1 Å². The number of nitrogens with zero attached hydrogens (tertiary/aromatic N) is 1. The highest BCUT2D eigenvalue weighted by atomic mass is 35.5. The summed E-state index contributed by atoms with van der Waals surface area (Å²) >= 11 is 5.93. The number of ether oxygens (including phenoxy) is 1. The zero-order valence-electron chi connectivity index (χ0n) is 10.9. The summed E-state index contributed by atoms with van der Waals surface area (Å²) in [5.41, 5.74) is 1.86. The van der Waals surface area contributed by atoms with Gasteiger partial charge in [0, 0.05) is 12.7 Å². The van der Waals surface area contributed by atoms with Crippen LogP contribution in [-0.2, 0) is 17.8 Å². The minimum Gasteiger partial charge on any atom is -0.445 e. The van der Waals surface area contributed by atoms with Crippen LogP contribution in [0.2, 0.25) is 5.15 Å². The van der Waals surface area contributed by atoms with Crippen molar-refractivity contribution in [2.24, 2.45) is 0 Å². The van der Waals surface area contributed by atoms with Crippen molar-refractivity contribution in [1.29, 1.82) is 0 Å². The van der Waals surface area contributed by atoms with Gasteiger partial charge < -0.3 is 10.1 Å². The van der Waals surface area contributed by atoms with Gasteiger partial charge in [0.15, 0.2) is 0 Å². The number of rotatable bonds is 5. The molecule has 1 N–H and O–H groups in total. The molecule has 0 aliphatic carbocycles. The van der Waals surface area contributed by atoms with Crippen LogP contribution in [0.25, 0.3) is 0 Å². The summed E-state index contributed by atoms with van der Waals surface area (Å²) in [5.74, 6) is 0. The molecule has 4 nitrogen and oxygen atoms in total. The maximum absolute atomic E-state index is 11.5. The first-order chi connectivity index (χ1) is 9.75. The van der Waals surface area contributed by atoms with Gasteiger partial charge in [-0.1, -0.05) is 48.0 Å². The average Bonchev–Trinajstić information content (AvgIpc) is 2.48. The first-order valence-electron chi connectivity index (χ1n) is 6.29. The van der Waals surface area contributed by atoms with Crippen LogP contribution in [0.3, 0.4) is 0 Å². The lowest BCUT2D eigenvalue weighted by molar-refractivity contribution is 0.140. The van der Waals surface area contributed by atoms with Gasteiger partial charge >= 0.3 is 6.09 Å². The summed E-state index contributed by atoms with van der Waals surface area (Å²) in [6.45, 7) is 0.722. The minimum atomic E-state index is -0.436. The van der Waals surface area contributed by atoms with Crippen LogP contribution in [0, 0.1) is 0 Å². The first-order valence-corrected chi connectivity index (χ1v) is 6.67. The summed E-state index contributed by atoms with van der Waals surface area (Å²) in [4.78, 5) is 15.5. The van der Waals surface area contributed by atoms with Crippen molar-refractivity contribution < 1.29 is 9.53 Å². The number of benzene rings is 1. The van der Waals surface area contributed by atoms with Crippen molar-refractivity contribution in [2.75, 3.05) is 6.54 Å². The molecule has 0 unspecified atom stereocenters. The molecular weight excluding hydrogens is 276 g/mol. The third-order valence-corrected chi connectivity index (χ3v) is 3.05. The van der Waals surface area contributed by atoms with Crippen molar-refractivity contribution >= 4 is 17.7 Å². The Morgan fingerprint density at radius 3 is 2.75 bits per heavy atom. The Morgan fingerprint density at radius 1 is 1.20 bits per heavy atom. The molecule has 0 saturated carbocycles. The predicted molar refractivity (Wildman–Crippen MR) is 77.6 cm³/mol. The lowest BCUT2D eigenvalue weighted by Crippen LogP contribution is -2.26. The molecule has 0 saturated heterocycles. The van der Waals surface area contributed by atoms with E-state index in [1.54, 1.807) is 6.20 Å². The number of carbonyl (C=O) groups is 1. The maximum atomic E-state index is 11.5. The molecule has 5 heteroatoms. The quantitative estimate of drug-likeness (QED) is 0.860. The van der Waals surface area contributed by atoms with Gasteiger partial charge in [-0.2, -0.15) is 0 Å². The second kappa shape index (κ2) is 7.50. The molecule has 0 fully saturated rings. The van der Waals surface area contributed by atoms with Gasteiger partial charge in [-0.3, -0.25) is 0 Å². The molecule has 0 bridgehead atoms. The summed E-state index contributed by atoms with van der Waals surface area (Å²) in [7, 11) is 0. The number of aromatic nitrogens is 1. The monoisotopic (exact) mass is 290 g/mol. The fraction of sp³-hybridized carbons (Fsp3) is 0.200. The number of hydrogen-bond acceptors (Lipinski definition) is 3. The highest BCUT2D eigenvalue weighted by Gasteiger charge is 2.04. The molecule has 2 aromatic rings. The number of pyridine rings is 1. The predicted octanol–water partition coefficient (Wildman–Crippen LogP) is 3.20. The van der Waals surface area contributed by atoms with Gasteiger partial charge in [-0.25, -0.2) is 9.78 Å². The van der Waals surface area contributed by atoms with Crippen LogP contribution in [0.4, 0.5) is 4.79 Å².